The zero-order valence-corrected chi connectivity index (χ0v) is 8.37. The third-order valence-corrected chi connectivity index (χ3v) is 1.97. The van der Waals surface area contributed by atoms with E-state index in [2.05, 4.69) is 10.1 Å². The van der Waals surface area contributed by atoms with Gasteiger partial charge >= 0.3 is 5.97 Å². The molecule has 0 saturated heterocycles. The molecule has 0 aromatic carbocycles. The Morgan fingerprint density at radius 2 is 2.18 bits per heavy atom. The molecule has 2 heterocycles. The van der Waals surface area contributed by atoms with Crippen LogP contribution in [0.1, 0.15) is 10.5 Å². The third kappa shape index (κ3) is 2.17. The van der Waals surface area contributed by atoms with Crippen molar-refractivity contribution in [3.05, 3.63) is 52.5 Å². The number of aromatic carboxylic acids is 1. The monoisotopic (exact) mass is 235 g/mol. The van der Waals surface area contributed by atoms with Crippen molar-refractivity contribution >= 4 is 5.97 Å². The number of carboxylic acid groups (broad SMARTS) is 1. The van der Waals surface area contributed by atoms with Crippen LogP contribution < -0.4 is 5.43 Å². The van der Waals surface area contributed by atoms with Crippen LogP contribution in [0.5, 0.6) is 0 Å². The van der Waals surface area contributed by atoms with Crippen LogP contribution >= 0.6 is 0 Å². The number of halogens is 1. The van der Waals surface area contributed by atoms with E-state index in [-0.39, 0.29) is 5.69 Å². The minimum atomic E-state index is -1.44. The Labute approximate surface area is 94.0 Å². The van der Waals surface area contributed by atoms with Crippen molar-refractivity contribution in [3.8, 4) is 5.69 Å². The normalized spacial score (nSPS) is 10.2. The summed E-state index contributed by atoms with van der Waals surface area (Å²) in [6.07, 6.45) is 3.54. The first-order valence-electron chi connectivity index (χ1n) is 4.52. The molecule has 86 valence electrons. The van der Waals surface area contributed by atoms with E-state index < -0.39 is 22.9 Å². The van der Waals surface area contributed by atoms with Crippen molar-refractivity contribution < 1.29 is 14.3 Å². The van der Waals surface area contributed by atoms with Gasteiger partial charge < -0.3 is 5.11 Å². The van der Waals surface area contributed by atoms with Gasteiger partial charge in [0.05, 0.1) is 18.1 Å². The van der Waals surface area contributed by atoms with Crippen molar-refractivity contribution in [1.29, 1.82) is 0 Å². The first kappa shape index (κ1) is 10.9. The maximum atomic E-state index is 12.9. The van der Waals surface area contributed by atoms with Crippen molar-refractivity contribution in [1.82, 2.24) is 14.8 Å². The summed E-state index contributed by atoms with van der Waals surface area (Å²) in [4.78, 5) is 25.5. The number of nitrogens with zero attached hydrogens (tertiary/aromatic N) is 3. The Bertz CT molecular complexity index is 639. The summed E-state index contributed by atoms with van der Waals surface area (Å²) in [6, 6.07) is 2.16. The van der Waals surface area contributed by atoms with Gasteiger partial charge in [0.25, 0.3) is 0 Å². The lowest BCUT2D eigenvalue weighted by atomic mass is 10.3. The average molecular weight is 235 g/mol. The van der Waals surface area contributed by atoms with Crippen LogP contribution in [0.25, 0.3) is 5.69 Å². The molecule has 17 heavy (non-hydrogen) atoms. The lowest BCUT2D eigenvalue weighted by Gasteiger charge is -2.04. The number of hydrogen-bond acceptors (Lipinski definition) is 4. The predicted molar refractivity (Wildman–Crippen MR) is 54.5 cm³/mol. The SMILES string of the molecule is O=C(O)c1nn(-c2cncc(F)c2)ccc1=O. The van der Waals surface area contributed by atoms with Crippen LogP contribution in [0, 0.1) is 5.82 Å². The minimum Gasteiger partial charge on any atom is -0.476 e. The summed E-state index contributed by atoms with van der Waals surface area (Å²) < 4.78 is 14.0. The number of hydrogen-bond donors (Lipinski definition) is 1. The molecule has 0 fully saturated rings. The lowest BCUT2D eigenvalue weighted by Crippen LogP contribution is -2.20. The van der Waals surface area contributed by atoms with Crippen LogP contribution in [0.3, 0.4) is 0 Å². The maximum absolute atomic E-state index is 12.9. The number of carbonyl (C=O) groups is 1. The van der Waals surface area contributed by atoms with Gasteiger partial charge in [-0.15, -0.1) is 0 Å². The van der Waals surface area contributed by atoms with Crippen LogP contribution in [-0.4, -0.2) is 25.8 Å². The van der Waals surface area contributed by atoms with Gasteiger partial charge in [-0.3, -0.25) is 9.78 Å². The second-order valence-electron chi connectivity index (χ2n) is 3.14. The van der Waals surface area contributed by atoms with Gasteiger partial charge in [-0.25, -0.2) is 13.9 Å². The third-order valence-electron chi connectivity index (χ3n) is 1.97. The zero-order chi connectivity index (χ0) is 12.4. The Balaban J connectivity index is 2.58. The number of aromatic nitrogens is 3. The van der Waals surface area contributed by atoms with Gasteiger partial charge in [0.1, 0.15) is 5.82 Å². The second-order valence-corrected chi connectivity index (χ2v) is 3.14. The summed E-state index contributed by atoms with van der Waals surface area (Å²) in [5.74, 6) is -2.02. The molecule has 7 heteroatoms. The number of carboxylic acids is 1. The molecule has 0 aliphatic rings. The summed E-state index contributed by atoms with van der Waals surface area (Å²) in [7, 11) is 0. The van der Waals surface area contributed by atoms with Crippen LogP contribution in [0.4, 0.5) is 4.39 Å². The maximum Gasteiger partial charge on any atom is 0.360 e. The van der Waals surface area contributed by atoms with Crippen molar-refractivity contribution in [2.75, 3.05) is 0 Å². The van der Waals surface area contributed by atoms with E-state index in [4.69, 9.17) is 5.11 Å². The summed E-state index contributed by atoms with van der Waals surface area (Å²) >= 11 is 0. The highest BCUT2D eigenvalue weighted by Gasteiger charge is 2.11. The van der Waals surface area contributed by atoms with Gasteiger partial charge in [-0.2, -0.15) is 5.10 Å². The van der Waals surface area contributed by atoms with E-state index in [0.29, 0.717) is 0 Å². The molecule has 0 spiro atoms. The second kappa shape index (κ2) is 4.12. The molecular weight excluding hydrogens is 229 g/mol. The first-order chi connectivity index (χ1) is 8.08. The molecule has 2 rings (SSSR count). The fraction of sp³-hybridized carbons (Fsp3) is 0. The topological polar surface area (TPSA) is 85.1 Å². The van der Waals surface area contributed by atoms with E-state index in [9.17, 15) is 14.0 Å². The Kier molecular flexibility index (Phi) is 2.65. The van der Waals surface area contributed by atoms with Crippen LogP contribution in [-0.2, 0) is 0 Å². The largest absolute Gasteiger partial charge is 0.476 e. The molecular formula is C10H6FN3O3. The molecule has 6 nitrogen and oxygen atoms in total. The Hall–Kier alpha value is -2.57. The van der Waals surface area contributed by atoms with Gasteiger partial charge in [0, 0.05) is 18.3 Å². The fourth-order valence-corrected chi connectivity index (χ4v) is 1.23. The molecule has 0 aliphatic heterocycles. The van der Waals surface area contributed by atoms with E-state index in [1.165, 1.54) is 12.4 Å². The first-order valence-corrected chi connectivity index (χ1v) is 4.52. The molecule has 0 unspecified atom stereocenters. The molecule has 2 aromatic heterocycles. The Morgan fingerprint density at radius 1 is 1.41 bits per heavy atom. The highest BCUT2D eigenvalue weighted by atomic mass is 19.1. The molecule has 0 amide bonds. The van der Waals surface area contributed by atoms with Crippen LogP contribution in [0.2, 0.25) is 0 Å². The van der Waals surface area contributed by atoms with Gasteiger partial charge in [0.2, 0.25) is 11.1 Å². The van der Waals surface area contributed by atoms with E-state index in [0.717, 1.165) is 23.0 Å². The fourth-order valence-electron chi connectivity index (χ4n) is 1.23. The molecule has 0 bridgehead atoms. The Morgan fingerprint density at radius 3 is 2.82 bits per heavy atom. The van der Waals surface area contributed by atoms with Gasteiger partial charge in [0.15, 0.2) is 0 Å². The molecule has 2 aromatic rings. The van der Waals surface area contributed by atoms with Crippen molar-refractivity contribution in [3.63, 3.8) is 0 Å². The summed E-state index contributed by atoms with van der Waals surface area (Å²) in [5, 5.41) is 12.3. The van der Waals surface area contributed by atoms with Crippen molar-refractivity contribution in [2.24, 2.45) is 0 Å². The summed E-state index contributed by atoms with van der Waals surface area (Å²) in [5.41, 5.74) is -1.11. The quantitative estimate of drug-likeness (QED) is 0.817. The molecule has 0 radical (unpaired) electrons. The van der Waals surface area contributed by atoms with E-state index in [1.54, 1.807) is 0 Å². The van der Waals surface area contributed by atoms with Gasteiger partial charge in [-0.05, 0) is 0 Å². The standard InChI is InChI=1S/C10H6FN3O3/c11-6-3-7(5-12-4-6)14-2-1-8(15)9(13-14)10(16)17/h1-5H,(H,16,17). The minimum absolute atomic E-state index is 0.229. The smallest absolute Gasteiger partial charge is 0.360 e. The number of pyridine rings is 1. The summed E-state index contributed by atoms with van der Waals surface area (Å²) in [6.45, 7) is 0. The highest BCUT2D eigenvalue weighted by Crippen LogP contribution is 2.05. The number of rotatable bonds is 2. The molecule has 0 atom stereocenters. The average Bonchev–Trinajstić information content (AvgIpc) is 2.29. The van der Waals surface area contributed by atoms with E-state index >= 15 is 0 Å². The molecule has 0 saturated carbocycles. The highest BCUT2D eigenvalue weighted by molar-refractivity contribution is 5.84. The van der Waals surface area contributed by atoms with E-state index in [1.807, 2.05) is 0 Å². The van der Waals surface area contributed by atoms with Crippen LogP contribution in [0.15, 0.2) is 35.5 Å². The molecule has 0 aliphatic carbocycles. The zero-order valence-electron chi connectivity index (χ0n) is 8.37. The van der Waals surface area contributed by atoms with Gasteiger partial charge in [-0.1, -0.05) is 0 Å². The molecule has 1 N–H and O–H groups in total. The predicted octanol–water partition coefficient (Wildman–Crippen LogP) is 0.465. The lowest BCUT2D eigenvalue weighted by molar-refractivity contribution is 0.0687. The van der Waals surface area contributed by atoms with Crippen molar-refractivity contribution in [2.45, 2.75) is 0 Å².